The minimum Gasteiger partial charge on any atom is -0.497 e. The Balaban J connectivity index is 1.70. The van der Waals surface area contributed by atoms with E-state index in [0.717, 1.165) is 19.3 Å². The number of hydrogen-bond donors (Lipinski definition) is 1. The van der Waals surface area contributed by atoms with Crippen LogP contribution in [-0.2, 0) is 26.0 Å². The van der Waals surface area contributed by atoms with Gasteiger partial charge >= 0.3 is 5.97 Å². The number of piperidine rings is 1. The van der Waals surface area contributed by atoms with E-state index < -0.39 is 16.0 Å². The summed E-state index contributed by atoms with van der Waals surface area (Å²) in [5, 5.41) is 2.70. The van der Waals surface area contributed by atoms with Gasteiger partial charge in [0.05, 0.1) is 36.8 Å². The van der Waals surface area contributed by atoms with Crippen molar-refractivity contribution >= 4 is 27.6 Å². The van der Waals surface area contributed by atoms with Crippen LogP contribution in [0.1, 0.15) is 35.2 Å². The third kappa shape index (κ3) is 5.42. The van der Waals surface area contributed by atoms with E-state index in [1.165, 1.54) is 36.7 Å². The third-order valence-electron chi connectivity index (χ3n) is 5.15. The molecule has 2 aromatic carbocycles. The van der Waals surface area contributed by atoms with Gasteiger partial charge in [-0.15, -0.1) is 0 Å². The molecule has 1 saturated heterocycles. The highest BCUT2D eigenvalue weighted by Crippen LogP contribution is 2.24. The minimum absolute atomic E-state index is 0.0245. The summed E-state index contributed by atoms with van der Waals surface area (Å²) in [6.07, 6.45) is 2.81. The van der Waals surface area contributed by atoms with E-state index >= 15 is 0 Å². The standard InChI is InChI=1S/C22H26N2O6S/c1-29-17-8-11-20(19(15-17)22(26)30-2)23-21(25)14-16-6-9-18(10-7-16)31(27,28)24-12-4-3-5-13-24/h6-11,15H,3-5,12-14H2,1-2H3,(H,23,25). The van der Waals surface area contributed by atoms with E-state index in [2.05, 4.69) is 5.32 Å². The molecule has 1 heterocycles. The predicted molar refractivity (Wildman–Crippen MR) is 116 cm³/mol. The van der Waals surface area contributed by atoms with E-state index in [-0.39, 0.29) is 22.8 Å². The van der Waals surface area contributed by atoms with Crippen molar-refractivity contribution in [1.82, 2.24) is 4.31 Å². The summed E-state index contributed by atoms with van der Waals surface area (Å²) in [7, 11) is -0.778. The summed E-state index contributed by atoms with van der Waals surface area (Å²) in [5.41, 5.74) is 1.14. The molecule has 0 unspecified atom stereocenters. The second kappa shape index (κ2) is 9.93. The molecule has 1 amide bonds. The summed E-state index contributed by atoms with van der Waals surface area (Å²) in [6.45, 7) is 1.08. The van der Waals surface area contributed by atoms with Gasteiger partial charge in [-0.2, -0.15) is 4.31 Å². The molecule has 0 radical (unpaired) electrons. The fourth-order valence-corrected chi connectivity index (χ4v) is 4.97. The Morgan fingerprint density at radius 3 is 2.29 bits per heavy atom. The highest BCUT2D eigenvalue weighted by atomic mass is 32.2. The maximum atomic E-state index is 12.7. The number of sulfonamides is 1. The summed E-state index contributed by atoms with van der Waals surface area (Å²) in [5.74, 6) is -0.479. The van der Waals surface area contributed by atoms with Gasteiger partial charge in [0.1, 0.15) is 5.75 Å². The van der Waals surface area contributed by atoms with Crippen LogP contribution in [0.15, 0.2) is 47.4 Å². The number of carbonyl (C=O) groups is 2. The van der Waals surface area contributed by atoms with Crippen LogP contribution in [0.3, 0.4) is 0 Å². The monoisotopic (exact) mass is 446 g/mol. The lowest BCUT2D eigenvalue weighted by Gasteiger charge is -2.25. The largest absolute Gasteiger partial charge is 0.497 e. The topological polar surface area (TPSA) is 102 Å². The quantitative estimate of drug-likeness (QED) is 0.656. The summed E-state index contributed by atoms with van der Waals surface area (Å²) in [4.78, 5) is 24.7. The van der Waals surface area contributed by atoms with Crippen LogP contribution in [-0.4, -0.2) is 51.9 Å². The van der Waals surface area contributed by atoms with Gasteiger partial charge in [0.25, 0.3) is 0 Å². The number of ether oxygens (including phenoxy) is 2. The number of esters is 1. The zero-order valence-electron chi connectivity index (χ0n) is 17.6. The van der Waals surface area contributed by atoms with Gasteiger partial charge in [-0.3, -0.25) is 4.79 Å². The Kier molecular flexibility index (Phi) is 7.29. The van der Waals surface area contributed by atoms with E-state index in [9.17, 15) is 18.0 Å². The van der Waals surface area contributed by atoms with Crippen molar-refractivity contribution in [3.05, 3.63) is 53.6 Å². The van der Waals surface area contributed by atoms with Crippen LogP contribution in [0.2, 0.25) is 0 Å². The van der Waals surface area contributed by atoms with E-state index in [1.54, 1.807) is 24.3 Å². The maximum absolute atomic E-state index is 12.7. The molecule has 1 aliphatic heterocycles. The lowest BCUT2D eigenvalue weighted by atomic mass is 10.1. The lowest BCUT2D eigenvalue weighted by Crippen LogP contribution is -2.35. The number of anilines is 1. The highest BCUT2D eigenvalue weighted by Gasteiger charge is 2.25. The smallest absolute Gasteiger partial charge is 0.340 e. The zero-order chi connectivity index (χ0) is 22.4. The first-order valence-corrected chi connectivity index (χ1v) is 11.4. The number of rotatable bonds is 7. The highest BCUT2D eigenvalue weighted by molar-refractivity contribution is 7.89. The number of benzene rings is 2. The van der Waals surface area contributed by atoms with Gasteiger partial charge in [-0.05, 0) is 48.7 Å². The molecule has 3 rings (SSSR count). The normalized spacial score (nSPS) is 14.6. The molecule has 8 nitrogen and oxygen atoms in total. The van der Waals surface area contributed by atoms with Crippen LogP contribution < -0.4 is 10.1 Å². The van der Waals surface area contributed by atoms with Crippen molar-refractivity contribution in [2.45, 2.75) is 30.6 Å². The van der Waals surface area contributed by atoms with Crippen molar-refractivity contribution in [2.24, 2.45) is 0 Å². The Morgan fingerprint density at radius 1 is 1.00 bits per heavy atom. The molecule has 1 fully saturated rings. The lowest BCUT2D eigenvalue weighted by molar-refractivity contribution is -0.115. The molecule has 1 N–H and O–H groups in total. The molecule has 9 heteroatoms. The second-order valence-electron chi connectivity index (χ2n) is 7.24. The van der Waals surface area contributed by atoms with Gasteiger partial charge in [-0.1, -0.05) is 18.6 Å². The Morgan fingerprint density at radius 2 is 1.68 bits per heavy atom. The Bertz CT molecular complexity index is 1040. The van der Waals surface area contributed by atoms with Crippen molar-refractivity contribution < 1.29 is 27.5 Å². The fourth-order valence-electron chi connectivity index (χ4n) is 3.45. The van der Waals surface area contributed by atoms with Crippen molar-refractivity contribution in [3.63, 3.8) is 0 Å². The Hall–Kier alpha value is -2.91. The molecule has 0 aromatic heterocycles. The van der Waals surface area contributed by atoms with E-state index in [4.69, 9.17) is 9.47 Å². The molecule has 1 aliphatic rings. The SMILES string of the molecule is COC(=O)c1cc(OC)ccc1NC(=O)Cc1ccc(S(=O)(=O)N2CCCCC2)cc1. The summed E-state index contributed by atoms with van der Waals surface area (Å²) < 4.78 is 36.9. The Labute approximate surface area is 182 Å². The number of amides is 1. The molecule has 0 spiro atoms. The first-order valence-electron chi connectivity index (χ1n) is 10.0. The van der Waals surface area contributed by atoms with Gasteiger partial charge in [0.2, 0.25) is 15.9 Å². The third-order valence-corrected chi connectivity index (χ3v) is 7.06. The maximum Gasteiger partial charge on any atom is 0.340 e. The van der Waals surface area contributed by atoms with Crippen LogP contribution in [0, 0.1) is 0 Å². The number of hydrogen-bond acceptors (Lipinski definition) is 6. The molecular formula is C22H26N2O6S. The van der Waals surface area contributed by atoms with Gasteiger partial charge in [0, 0.05) is 13.1 Å². The van der Waals surface area contributed by atoms with Crippen molar-refractivity contribution in [2.75, 3.05) is 32.6 Å². The average Bonchev–Trinajstić information content (AvgIpc) is 2.79. The molecular weight excluding hydrogens is 420 g/mol. The van der Waals surface area contributed by atoms with Gasteiger partial charge in [-0.25, -0.2) is 13.2 Å². The van der Waals surface area contributed by atoms with Crippen molar-refractivity contribution in [3.8, 4) is 5.75 Å². The number of nitrogens with zero attached hydrogens (tertiary/aromatic N) is 1. The van der Waals surface area contributed by atoms with Crippen LogP contribution in [0.5, 0.6) is 5.75 Å². The van der Waals surface area contributed by atoms with Crippen LogP contribution >= 0.6 is 0 Å². The van der Waals surface area contributed by atoms with Gasteiger partial charge in [0.15, 0.2) is 0 Å². The average molecular weight is 447 g/mol. The van der Waals surface area contributed by atoms with Crippen molar-refractivity contribution in [1.29, 1.82) is 0 Å². The molecule has 0 bridgehead atoms. The fraction of sp³-hybridized carbons (Fsp3) is 0.364. The molecule has 0 saturated carbocycles. The number of carbonyl (C=O) groups excluding carboxylic acids is 2. The van der Waals surface area contributed by atoms with Crippen LogP contribution in [0.4, 0.5) is 5.69 Å². The first kappa shape index (κ1) is 22.8. The summed E-state index contributed by atoms with van der Waals surface area (Å²) in [6, 6.07) is 11.0. The second-order valence-corrected chi connectivity index (χ2v) is 9.17. The predicted octanol–water partition coefficient (Wildman–Crippen LogP) is 2.84. The molecule has 166 valence electrons. The molecule has 31 heavy (non-hydrogen) atoms. The van der Waals surface area contributed by atoms with E-state index in [0.29, 0.717) is 30.1 Å². The molecule has 0 atom stereocenters. The minimum atomic E-state index is -3.51. The summed E-state index contributed by atoms with van der Waals surface area (Å²) >= 11 is 0. The number of nitrogens with one attached hydrogen (secondary N) is 1. The molecule has 2 aromatic rings. The number of methoxy groups -OCH3 is 2. The molecule has 0 aliphatic carbocycles. The first-order chi connectivity index (χ1) is 14.8. The van der Waals surface area contributed by atoms with Crippen LogP contribution in [0.25, 0.3) is 0 Å². The van der Waals surface area contributed by atoms with E-state index in [1.807, 2.05) is 0 Å². The van der Waals surface area contributed by atoms with Gasteiger partial charge < -0.3 is 14.8 Å². The zero-order valence-corrected chi connectivity index (χ0v) is 18.4.